The third-order valence-corrected chi connectivity index (χ3v) is 5.33. The average Bonchev–Trinajstić information content (AvgIpc) is 2.98. The van der Waals surface area contributed by atoms with Crippen LogP contribution in [0, 0.1) is 5.82 Å². The number of hydrogen-bond donors (Lipinski definition) is 2. The van der Waals surface area contributed by atoms with Crippen LogP contribution in [0.5, 0.6) is 0 Å². The number of amidine groups is 1. The SMILES string of the molecule is C[C@]1(c2cc(NC3CCc4cc(Cl)ccc43)ccc2F)COCC(N)=N1. The Kier molecular flexibility index (Phi) is 4.37. The molecule has 2 aromatic rings. The number of hydrogen-bond acceptors (Lipinski definition) is 4. The lowest BCUT2D eigenvalue weighted by atomic mass is 9.91. The molecule has 0 spiro atoms. The third-order valence-electron chi connectivity index (χ3n) is 5.09. The first-order chi connectivity index (χ1) is 12.4. The molecule has 0 saturated carbocycles. The standard InChI is InChI=1S/C20H21ClFN3O/c1-20(11-26-10-19(23)25-20)16-9-14(4-6-17(16)22)24-18-7-2-12-8-13(21)3-5-15(12)18/h3-6,8-9,18,24H,2,7,10-11H2,1H3,(H2,23,25)/t18?,20-/m1/s1. The number of aryl methyl sites for hydroxylation is 1. The fourth-order valence-electron chi connectivity index (χ4n) is 3.84. The molecule has 0 amide bonds. The van der Waals surface area contributed by atoms with Crippen LogP contribution in [0.25, 0.3) is 0 Å². The molecule has 1 heterocycles. The van der Waals surface area contributed by atoms with Gasteiger partial charge in [-0.25, -0.2) is 4.39 Å². The van der Waals surface area contributed by atoms with Crippen LogP contribution in [0.4, 0.5) is 10.1 Å². The highest BCUT2D eigenvalue weighted by molar-refractivity contribution is 6.30. The Morgan fingerprint density at radius 1 is 1.31 bits per heavy atom. The van der Waals surface area contributed by atoms with Crippen molar-refractivity contribution in [2.75, 3.05) is 18.5 Å². The van der Waals surface area contributed by atoms with Gasteiger partial charge in [0, 0.05) is 16.3 Å². The highest BCUT2D eigenvalue weighted by Crippen LogP contribution is 2.37. The maximum atomic E-state index is 14.5. The van der Waals surface area contributed by atoms with Crippen LogP contribution in [0.1, 0.15) is 36.1 Å². The summed E-state index contributed by atoms with van der Waals surface area (Å²) in [6, 6.07) is 11.2. The molecule has 3 N–H and O–H groups in total. The monoisotopic (exact) mass is 373 g/mol. The quantitative estimate of drug-likeness (QED) is 0.848. The zero-order valence-corrected chi connectivity index (χ0v) is 15.3. The Morgan fingerprint density at radius 3 is 2.96 bits per heavy atom. The summed E-state index contributed by atoms with van der Waals surface area (Å²) in [4.78, 5) is 4.45. The molecule has 1 aliphatic carbocycles. The fourth-order valence-corrected chi connectivity index (χ4v) is 4.03. The lowest BCUT2D eigenvalue weighted by molar-refractivity contribution is 0.104. The van der Waals surface area contributed by atoms with Crippen molar-refractivity contribution in [1.29, 1.82) is 0 Å². The van der Waals surface area contributed by atoms with Gasteiger partial charge in [0.25, 0.3) is 0 Å². The van der Waals surface area contributed by atoms with Crippen molar-refractivity contribution in [2.24, 2.45) is 10.7 Å². The molecule has 0 radical (unpaired) electrons. The second-order valence-corrected chi connectivity index (χ2v) is 7.58. The van der Waals surface area contributed by atoms with Gasteiger partial charge in [-0.3, -0.25) is 4.99 Å². The zero-order valence-electron chi connectivity index (χ0n) is 14.6. The number of halogens is 2. The van der Waals surface area contributed by atoms with Gasteiger partial charge in [-0.2, -0.15) is 0 Å². The largest absolute Gasteiger partial charge is 0.386 e. The maximum absolute atomic E-state index is 14.5. The van der Waals surface area contributed by atoms with Gasteiger partial charge in [-0.1, -0.05) is 17.7 Å². The molecule has 1 unspecified atom stereocenters. The minimum atomic E-state index is -0.814. The lowest BCUT2D eigenvalue weighted by Crippen LogP contribution is -2.38. The molecule has 6 heteroatoms. The summed E-state index contributed by atoms with van der Waals surface area (Å²) in [5.41, 5.74) is 8.85. The van der Waals surface area contributed by atoms with E-state index in [2.05, 4.69) is 16.4 Å². The molecule has 0 saturated heterocycles. The Labute approximate surface area is 157 Å². The number of benzene rings is 2. The van der Waals surface area contributed by atoms with Crippen LogP contribution < -0.4 is 11.1 Å². The molecular weight excluding hydrogens is 353 g/mol. The molecule has 0 fully saturated rings. The number of rotatable bonds is 3. The summed E-state index contributed by atoms with van der Waals surface area (Å²) in [5.74, 6) is 0.0804. The summed E-state index contributed by atoms with van der Waals surface area (Å²) < 4.78 is 20.0. The number of nitrogens with one attached hydrogen (secondary N) is 1. The maximum Gasteiger partial charge on any atom is 0.129 e. The third kappa shape index (κ3) is 3.17. The van der Waals surface area contributed by atoms with Crippen molar-refractivity contribution in [2.45, 2.75) is 31.3 Å². The van der Waals surface area contributed by atoms with Gasteiger partial charge in [0.05, 0.1) is 12.6 Å². The van der Waals surface area contributed by atoms with Crippen molar-refractivity contribution in [3.8, 4) is 0 Å². The van der Waals surface area contributed by atoms with Crippen molar-refractivity contribution in [3.05, 3.63) is 63.9 Å². The summed E-state index contributed by atoms with van der Waals surface area (Å²) >= 11 is 6.09. The van der Waals surface area contributed by atoms with Crippen LogP contribution in [0.3, 0.4) is 0 Å². The van der Waals surface area contributed by atoms with Gasteiger partial charge in [0.1, 0.15) is 23.8 Å². The lowest BCUT2D eigenvalue weighted by Gasteiger charge is -2.31. The molecule has 26 heavy (non-hydrogen) atoms. The first kappa shape index (κ1) is 17.3. The first-order valence-electron chi connectivity index (χ1n) is 8.71. The predicted octanol–water partition coefficient (Wildman–Crippen LogP) is 4.18. The summed E-state index contributed by atoms with van der Waals surface area (Å²) in [5, 5.41) is 4.28. The van der Waals surface area contributed by atoms with Crippen LogP contribution in [0.2, 0.25) is 5.02 Å². The van der Waals surface area contributed by atoms with E-state index in [1.165, 1.54) is 17.2 Å². The minimum absolute atomic E-state index is 0.185. The molecule has 4 nitrogen and oxygen atoms in total. The normalized spacial score (nSPS) is 24.9. The second kappa shape index (κ2) is 6.56. The van der Waals surface area contributed by atoms with Gasteiger partial charge in [0.2, 0.25) is 0 Å². The van der Waals surface area contributed by atoms with Crippen LogP contribution in [0.15, 0.2) is 41.4 Å². The van der Waals surface area contributed by atoms with Gasteiger partial charge in [-0.15, -0.1) is 0 Å². The number of nitrogens with zero attached hydrogens (tertiary/aromatic N) is 1. The summed E-state index contributed by atoms with van der Waals surface area (Å²) in [6.07, 6.45) is 1.96. The molecule has 4 rings (SSSR count). The highest BCUT2D eigenvalue weighted by Gasteiger charge is 2.33. The highest BCUT2D eigenvalue weighted by atomic mass is 35.5. The van der Waals surface area contributed by atoms with Crippen LogP contribution >= 0.6 is 11.6 Å². The number of nitrogens with two attached hydrogens (primary N) is 1. The topological polar surface area (TPSA) is 59.6 Å². The van der Waals surface area contributed by atoms with E-state index in [-0.39, 0.29) is 18.5 Å². The van der Waals surface area contributed by atoms with E-state index in [4.69, 9.17) is 22.1 Å². The fraction of sp³-hybridized carbons (Fsp3) is 0.350. The Morgan fingerprint density at radius 2 is 2.15 bits per heavy atom. The molecular formula is C20H21ClFN3O. The number of anilines is 1. The number of ether oxygens (including phenoxy) is 1. The Balaban J connectivity index is 1.63. The number of fused-ring (bicyclic) bond motifs is 1. The molecule has 136 valence electrons. The van der Waals surface area contributed by atoms with E-state index in [9.17, 15) is 4.39 Å². The average molecular weight is 374 g/mol. The van der Waals surface area contributed by atoms with Crippen LogP contribution in [-0.4, -0.2) is 19.0 Å². The molecule has 1 aliphatic heterocycles. The smallest absolute Gasteiger partial charge is 0.129 e. The molecule has 2 aliphatic rings. The van der Waals surface area contributed by atoms with E-state index in [1.54, 1.807) is 6.07 Å². The summed E-state index contributed by atoms with van der Waals surface area (Å²) in [6.45, 7) is 2.43. The number of aliphatic imine (C=N–C) groups is 1. The molecule has 0 aromatic heterocycles. The van der Waals surface area contributed by atoms with Gasteiger partial charge in [-0.05, 0) is 61.2 Å². The molecule has 2 aromatic carbocycles. The first-order valence-corrected chi connectivity index (χ1v) is 9.09. The van der Waals surface area contributed by atoms with Crippen molar-refractivity contribution >= 4 is 23.1 Å². The second-order valence-electron chi connectivity index (χ2n) is 7.14. The van der Waals surface area contributed by atoms with Gasteiger partial charge < -0.3 is 15.8 Å². The van der Waals surface area contributed by atoms with Crippen LogP contribution in [-0.2, 0) is 16.7 Å². The van der Waals surface area contributed by atoms with E-state index in [0.29, 0.717) is 18.0 Å². The Hall–Kier alpha value is -2.11. The molecule has 2 atom stereocenters. The van der Waals surface area contributed by atoms with Crippen molar-refractivity contribution in [1.82, 2.24) is 0 Å². The van der Waals surface area contributed by atoms with E-state index >= 15 is 0 Å². The van der Waals surface area contributed by atoms with Crippen molar-refractivity contribution < 1.29 is 9.13 Å². The van der Waals surface area contributed by atoms with Gasteiger partial charge in [0.15, 0.2) is 0 Å². The summed E-state index contributed by atoms with van der Waals surface area (Å²) in [7, 11) is 0. The van der Waals surface area contributed by atoms with Gasteiger partial charge >= 0.3 is 0 Å². The molecule has 0 bridgehead atoms. The Bertz CT molecular complexity index is 885. The minimum Gasteiger partial charge on any atom is -0.386 e. The predicted molar refractivity (Wildman–Crippen MR) is 102 cm³/mol. The zero-order chi connectivity index (χ0) is 18.3. The van der Waals surface area contributed by atoms with E-state index < -0.39 is 5.54 Å². The van der Waals surface area contributed by atoms with E-state index in [1.807, 2.05) is 25.1 Å². The van der Waals surface area contributed by atoms with E-state index in [0.717, 1.165) is 23.6 Å². The van der Waals surface area contributed by atoms with Crippen molar-refractivity contribution in [3.63, 3.8) is 0 Å².